The lowest BCUT2D eigenvalue weighted by molar-refractivity contribution is 0.587. The lowest BCUT2D eigenvalue weighted by Gasteiger charge is -2.18. The van der Waals surface area contributed by atoms with Crippen molar-refractivity contribution in [2.75, 3.05) is 14.1 Å². The number of hydrogen-bond donors (Lipinski definition) is 3. The number of nitrogens with zero attached hydrogens (tertiary/aromatic N) is 1. The first kappa shape index (κ1) is 19.9. The van der Waals surface area contributed by atoms with Gasteiger partial charge in [-0.1, -0.05) is 54.6 Å². The molecule has 2 aromatic rings. The lowest BCUT2D eigenvalue weighted by Crippen LogP contribution is -2.38. The van der Waals surface area contributed by atoms with E-state index in [9.17, 15) is 8.42 Å². The largest absolute Gasteiger partial charge is 0.352 e. The van der Waals surface area contributed by atoms with E-state index in [4.69, 9.17) is 0 Å². The summed E-state index contributed by atoms with van der Waals surface area (Å²) in [5, 5.41) is 6.61. The number of hydrogen-bond acceptors (Lipinski definition) is 3. The fourth-order valence-electron chi connectivity index (χ4n) is 2.53. The van der Waals surface area contributed by atoms with Crippen LogP contribution in [0, 0.1) is 0 Å². The van der Waals surface area contributed by atoms with Crippen molar-refractivity contribution in [1.82, 2.24) is 15.4 Å². The molecule has 0 fully saturated rings. The van der Waals surface area contributed by atoms with Gasteiger partial charge >= 0.3 is 0 Å². The second kappa shape index (κ2) is 9.35. The van der Waals surface area contributed by atoms with Crippen LogP contribution in [0.2, 0.25) is 0 Å². The fourth-order valence-corrected chi connectivity index (χ4v) is 3.29. The lowest BCUT2D eigenvalue weighted by atomic mass is 10.1. The maximum atomic E-state index is 11.7. The molecule has 0 aliphatic rings. The molecule has 140 valence electrons. The minimum atomic E-state index is -3.28. The maximum absolute atomic E-state index is 11.7. The van der Waals surface area contributed by atoms with Crippen LogP contribution in [0.1, 0.15) is 29.7 Å². The van der Waals surface area contributed by atoms with E-state index in [1.54, 1.807) is 7.05 Å². The van der Waals surface area contributed by atoms with Crippen molar-refractivity contribution >= 4 is 16.0 Å². The van der Waals surface area contributed by atoms with Gasteiger partial charge in [0.1, 0.15) is 0 Å². The summed E-state index contributed by atoms with van der Waals surface area (Å²) >= 11 is 0. The van der Waals surface area contributed by atoms with Gasteiger partial charge in [-0.2, -0.15) is 0 Å². The van der Waals surface area contributed by atoms with Crippen LogP contribution in [0.4, 0.5) is 0 Å². The number of sulfonamides is 1. The normalized spacial score (nSPS) is 13.3. The highest BCUT2D eigenvalue weighted by Gasteiger charge is 2.10. The molecule has 1 atom stereocenters. The zero-order valence-corrected chi connectivity index (χ0v) is 16.2. The Morgan fingerprint density at radius 3 is 2.42 bits per heavy atom. The van der Waals surface area contributed by atoms with Crippen molar-refractivity contribution in [2.45, 2.75) is 25.3 Å². The molecule has 0 bridgehead atoms. The van der Waals surface area contributed by atoms with Gasteiger partial charge in [0.25, 0.3) is 0 Å². The number of aliphatic imine (C=N–C) groups is 1. The second-order valence-corrected chi connectivity index (χ2v) is 7.91. The molecule has 0 aromatic heterocycles. The van der Waals surface area contributed by atoms with E-state index in [1.165, 1.54) is 12.6 Å². The predicted octanol–water partition coefficient (Wildman–Crippen LogP) is 2.16. The van der Waals surface area contributed by atoms with Crippen LogP contribution in [-0.4, -0.2) is 28.5 Å². The molecule has 2 rings (SSSR count). The summed E-state index contributed by atoms with van der Waals surface area (Å²) in [6, 6.07) is 17.8. The average molecular weight is 375 g/mol. The summed E-state index contributed by atoms with van der Waals surface area (Å²) in [4.78, 5) is 4.25. The third-order valence-corrected chi connectivity index (χ3v) is 5.33. The SMILES string of the molecule is CN=C(NCc1cccc(CS(=O)(=O)NC)c1)NC(C)c1ccccc1. The smallest absolute Gasteiger partial charge is 0.215 e. The Labute approximate surface area is 155 Å². The Kier molecular flexibility index (Phi) is 7.17. The van der Waals surface area contributed by atoms with E-state index in [0.717, 1.165) is 11.1 Å². The third kappa shape index (κ3) is 6.16. The molecule has 0 saturated carbocycles. The van der Waals surface area contributed by atoms with Gasteiger partial charge in [0.2, 0.25) is 10.0 Å². The number of benzene rings is 2. The van der Waals surface area contributed by atoms with E-state index in [-0.39, 0.29) is 11.8 Å². The monoisotopic (exact) mass is 374 g/mol. The first-order valence-corrected chi connectivity index (χ1v) is 10.1. The molecular weight excluding hydrogens is 348 g/mol. The number of nitrogens with one attached hydrogen (secondary N) is 3. The van der Waals surface area contributed by atoms with Gasteiger partial charge in [0.05, 0.1) is 11.8 Å². The second-order valence-electron chi connectivity index (χ2n) is 5.99. The van der Waals surface area contributed by atoms with Crippen LogP contribution in [0.15, 0.2) is 59.6 Å². The van der Waals surface area contributed by atoms with Crippen molar-refractivity contribution in [3.63, 3.8) is 0 Å². The van der Waals surface area contributed by atoms with Crippen LogP contribution in [-0.2, 0) is 22.3 Å². The highest BCUT2D eigenvalue weighted by atomic mass is 32.2. The first-order valence-electron chi connectivity index (χ1n) is 8.44. The van der Waals surface area contributed by atoms with Gasteiger partial charge in [-0.25, -0.2) is 13.1 Å². The molecule has 0 heterocycles. The molecule has 0 amide bonds. The van der Waals surface area contributed by atoms with E-state index in [1.807, 2.05) is 42.5 Å². The van der Waals surface area contributed by atoms with Crippen molar-refractivity contribution in [3.8, 4) is 0 Å². The summed E-state index contributed by atoms with van der Waals surface area (Å²) in [6.45, 7) is 2.63. The minimum absolute atomic E-state index is 0.0324. The first-order chi connectivity index (χ1) is 12.4. The van der Waals surface area contributed by atoms with Gasteiger partial charge < -0.3 is 10.6 Å². The van der Waals surface area contributed by atoms with Crippen LogP contribution in [0.25, 0.3) is 0 Å². The molecule has 0 radical (unpaired) electrons. The van der Waals surface area contributed by atoms with Gasteiger partial charge in [-0.15, -0.1) is 0 Å². The summed E-state index contributed by atoms with van der Waals surface area (Å²) < 4.78 is 25.7. The highest BCUT2D eigenvalue weighted by molar-refractivity contribution is 7.88. The molecule has 6 nitrogen and oxygen atoms in total. The van der Waals surface area contributed by atoms with Gasteiger partial charge in [0.15, 0.2) is 5.96 Å². The molecule has 26 heavy (non-hydrogen) atoms. The fraction of sp³-hybridized carbons (Fsp3) is 0.316. The molecule has 2 aromatic carbocycles. The van der Waals surface area contributed by atoms with Crippen molar-refractivity contribution in [1.29, 1.82) is 0 Å². The summed E-state index contributed by atoms with van der Waals surface area (Å²) in [5.74, 6) is 0.657. The van der Waals surface area contributed by atoms with Crippen LogP contribution in [0.3, 0.4) is 0 Å². The van der Waals surface area contributed by atoms with Crippen molar-refractivity contribution in [3.05, 3.63) is 71.3 Å². The standard InChI is InChI=1S/C19H26N4O2S/c1-15(18-10-5-4-6-11-18)23-19(20-2)22-13-16-8-7-9-17(12-16)14-26(24,25)21-3/h4-12,15,21H,13-14H2,1-3H3,(H2,20,22,23). The molecule has 7 heteroatoms. The molecular formula is C19H26N4O2S. The maximum Gasteiger partial charge on any atom is 0.215 e. The van der Waals surface area contributed by atoms with E-state index >= 15 is 0 Å². The van der Waals surface area contributed by atoms with E-state index in [0.29, 0.717) is 12.5 Å². The van der Waals surface area contributed by atoms with Crippen molar-refractivity contribution in [2.24, 2.45) is 4.99 Å². The third-order valence-electron chi connectivity index (χ3n) is 4.00. The van der Waals surface area contributed by atoms with E-state index in [2.05, 4.69) is 39.4 Å². The van der Waals surface area contributed by atoms with E-state index < -0.39 is 10.0 Å². The Balaban J connectivity index is 1.96. The van der Waals surface area contributed by atoms with Gasteiger partial charge in [-0.05, 0) is 30.7 Å². The average Bonchev–Trinajstić information content (AvgIpc) is 2.65. The predicted molar refractivity (Wildman–Crippen MR) is 106 cm³/mol. The summed E-state index contributed by atoms with van der Waals surface area (Å²) in [7, 11) is -0.132. The Morgan fingerprint density at radius 2 is 1.77 bits per heavy atom. The van der Waals surface area contributed by atoms with Gasteiger partial charge in [0, 0.05) is 13.6 Å². The van der Waals surface area contributed by atoms with Crippen LogP contribution in [0.5, 0.6) is 0 Å². The molecule has 0 aliphatic heterocycles. The van der Waals surface area contributed by atoms with Crippen LogP contribution < -0.4 is 15.4 Å². The summed E-state index contributed by atoms with van der Waals surface area (Å²) in [6.07, 6.45) is 0. The molecule has 1 unspecified atom stereocenters. The van der Waals surface area contributed by atoms with Crippen LogP contribution >= 0.6 is 0 Å². The molecule has 0 aliphatic carbocycles. The van der Waals surface area contributed by atoms with Gasteiger partial charge in [-0.3, -0.25) is 4.99 Å². The Morgan fingerprint density at radius 1 is 1.08 bits per heavy atom. The summed E-state index contributed by atoms with van der Waals surface area (Å²) in [5.41, 5.74) is 2.91. The Hall–Kier alpha value is -2.38. The van der Waals surface area contributed by atoms with Crippen molar-refractivity contribution < 1.29 is 8.42 Å². The highest BCUT2D eigenvalue weighted by Crippen LogP contribution is 2.11. The molecule has 0 saturated heterocycles. The Bertz CT molecular complexity index is 836. The minimum Gasteiger partial charge on any atom is -0.352 e. The quantitative estimate of drug-likeness (QED) is 0.512. The molecule has 3 N–H and O–H groups in total. The zero-order valence-electron chi connectivity index (χ0n) is 15.4. The zero-order chi connectivity index (χ0) is 19.0. The molecule has 0 spiro atoms. The topological polar surface area (TPSA) is 82.6 Å². The number of guanidine groups is 1. The number of rotatable bonds is 7.